The Hall–Kier alpha value is -17.2. The van der Waals surface area contributed by atoms with E-state index >= 15 is 0 Å². The zero-order valence-corrected chi connectivity index (χ0v) is 74.2. The standard InChI is InChI=1S/C33H25NO.C32H21NO.C30H19NOS.C30H21NO/c1-33(2)27-15-8-6-14-24(27)31-28(33)16-10-17-29(31)34-22-19-25(21-11-4-3-5-12-21)32-26(20-22)23-13-7-9-18-30(23)35-32;1-2-12-23(13-3-1)33-24-19-28(27-16-8-11-21-9-4-6-14-25(21)27)32-29(20-24)31-26-15-7-5-10-22(26)17-18-30(31)34-32;1-2-9-19(10-3-1)31-20-17-25-21-11-4-6-15-27(21)32-29(25)26(18-20)24-14-8-13-23-22-12-5-7-16-28(22)33-30(23)24;1-3-10-21(11-4-1)23-14-9-15-24(18-23)31-25-19-27(22-12-5-2-6-13-22)30-28(20-25)26-16-7-8-17-29(26)32-30/h3-20,34H,1-2H3;1-20,33H;1-18,31H;1-20,31H. The Bertz CT molecular complexity index is 8980. The predicted molar refractivity (Wildman–Crippen MR) is 566 cm³/mol. The van der Waals surface area contributed by atoms with E-state index in [2.05, 4.69) is 405 Å². The zero-order valence-electron chi connectivity index (χ0n) is 73.4. The van der Waals surface area contributed by atoms with Gasteiger partial charge in [0.15, 0.2) is 0 Å². The number of thiophene rings is 1. The van der Waals surface area contributed by atoms with E-state index in [0.717, 1.165) is 167 Å². The van der Waals surface area contributed by atoms with Crippen LogP contribution in [0.2, 0.25) is 0 Å². The molecule has 27 rings (SSSR count). The van der Waals surface area contributed by atoms with Gasteiger partial charge in [0.05, 0.1) is 0 Å². The van der Waals surface area contributed by atoms with E-state index in [0.29, 0.717) is 0 Å². The van der Waals surface area contributed by atoms with Gasteiger partial charge in [-0.3, -0.25) is 0 Å². The van der Waals surface area contributed by atoms with Crippen molar-refractivity contribution in [3.05, 3.63) is 472 Å². The highest BCUT2D eigenvalue weighted by Gasteiger charge is 2.37. The summed E-state index contributed by atoms with van der Waals surface area (Å²) >= 11 is 1.85. The lowest BCUT2D eigenvalue weighted by atomic mass is 9.82. The SMILES string of the molecule is CC1(C)c2ccccc2-c2c(Nc3cc(-c4ccccc4)c4oc5ccccc5c4c3)cccc21.c1ccc(-c2cccc(Nc3cc(-c4ccccc4)c4oc5ccccc5c4c3)c2)cc1.c1ccc(Nc2cc(-c3cccc4c3sc3ccccc34)c3oc4ccccc4c3c2)cc1.c1ccc(Nc2cc(-c3cccc4ccccc34)c3oc4ccc5ccccc5c4c3c2)cc1. The number of hydrogen-bond donors (Lipinski definition) is 4. The fraction of sp³-hybridized carbons (Fsp3) is 0.0240. The van der Waals surface area contributed by atoms with Crippen molar-refractivity contribution in [2.45, 2.75) is 19.3 Å². The molecule has 636 valence electrons. The van der Waals surface area contributed by atoms with Crippen molar-refractivity contribution < 1.29 is 17.7 Å². The molecule has 0 fully saturated rings. The molecule has 0 saturated heterocycles. The maximum Gasteiger partial charge on any atom is 0.143 e. The Morgan fingerprint density at radius 1 is 0.209 bits per heavy atom. The number of para-hydroxylation sites is 5. The minimum Gasteiger partial charge on any atom is -0.455 e. The van der Waals surface area contributed by atoms with Crippen LogP contribution in [-0.4, -0.2) is 0 Å². The maximum absolute atomic E-state index is 6.57. The van der Waals surface area contributed by atoms with Crippen LogP contribution in [0.4, 0.5) is 45.5 Å². The second-order valence-electron chi connectivity index (χ2n) is 34.8. The van der Waals surface area contributed by atoms with Gasteiger partial charge in [0.25, 0.3) is 0 Å². The number of furan rings is 4. The Morgan fingerprint density at radius 3 is 1.19 bits per heavy atom. The molecular formula is C125H86N4O4S. The molecule has 0 amide bonds. The van der Waals surface area contributed by atoms with E-state index in [-0.39, 0.29) is 5.41 Å². The van der Waals surface area contributed by atoms with Crippen molar-refractivity contribution in [1.29, 1.82) is 0 Å². The van der Waals surface area contributed by atoms with Crippen LogP contribution in [0.3, 0.4) is 0 Å². The highest BCUT2D eigenvalue weighted by molar-refractivity contribution is 7.26. The summed E-state index contributed by atoms with van der Waals surface area (Å²) < 4.78 is 28.3. The second-order valence-corrected chi connectivity index (χ2v) is 35.8. The summed E-state index contributed by atoms with van der Waals surface area (Å²) in [6.07, 6.45) is 0. The van der Waals surface area contributed by atoms with Crippen LogP contribution >= 0.6 is 11.3 Å². The summed E-state index contributed by atoms with van der Waals surface area (Å²) in [6.45, 7) is 4.64. The average molecular weight is 1740 g/mol. The number of fused-ring (bicyclic) bond motifs is 21. The minimum absolute atomic E-state index is 0.0243. The Morgan fingerprint density at radius 2 is 0.590 bits per heavy atom. The van der Waals surface area contributed by atoms with E-state index in [9.17, 15) is 0 Å². The molecule has 9 heteroatoms. The lowest BCUT2D eigenvalue weighted by Crippen LogP contribution is -2.14. The molecule has 0 unspecified atom stereocenters. The first-order valence-corrected chi connectivity index (χ1v) is 46.3. The van der Waals surface area contributed by atoms with E-state index in [1.54, 1.807) is 0 Å². The van der Waals surface area contributed by atoms with Gasteiger partial charge < -0.3 is 38.9 Å². The average Bonchev–Trinajstić information content (AvgIpc) is 1.59. The molecule has 0 spiro atoms. The quantitative estimate of drug-likeness (QED) is 0.0906. The van der Waals surface area contributed by atoms with Gasteiger partial charge in [-0.25, -0.2) is 0 Å². The topological polar surface area (TPSA) is 101 Å². The largest absolute Gasteiger partial charge is 0.455 e. The Labute approximate surface area is 777 Å². The molecule has 0 aliphatic heterocycles. The molecule has 0 atom stereocenters. The molecule has 0 saturated carbocycles. The number of hydrogen-bond acceptors (Lipinski definition) is 9. The number of benzene rings is 21. The summed E-state index contributed by atoms with van der Waals surface area (Å²) in [5.41, 5.74) is 32.6. The van der Waals surface area contributed by atoms with Crippen molar-refractivity contribution in [3.8, 4) is 66.8 Å². The number of rotatable bonds is 13. The van der Waals surface area contributed by atoms with Gasteiger partial charge in [-0.1, -0.05) is 354 Å². The van der Waals surface area contributed by atoms with Crippen molar-refractivity contribution >= 4 is 186 Å². The van der Waals surface area contributed by atoms with Crippen LogP contribution in [0, 0.1) is 0 Å². The summed E-state index contributed by atoms with van der Waals surface area (Å²) in [6, 6.07) is 161. The molecule has 0 bridgehead atoms. The van der Waals surface area contributed by atoms with Crippen molar-refractivity contribution in [2.24, 2.45) is 0 Å². The molecule has 26 aromatic rings. The third-order valence-corrected chi connectivity index (χ3v) is 27.3. The van der Waals surface area contributed by atoms with Crippen molar-refractivity contribution in [3.63, 3.8) is 0 Å². The first kappa shape index (κ1) is 80.1. The van der Waals surface area contributed by atoms with Gasteiger partial charge in [-0.05, 0) is 187 Å². The van der Waals surface area contributed by atoms with Crippen LogP contribution < -0.4 is 21.3 Å². The molecule has 8 nitrogen and oxygen atoms in total. The molecule has 5 heterocycles. The van der Waals surface area contributed by atoms with E-state index in [4.69, 9.17) is 17.7 Å². The van der Waals surface area contributed by atoms with Crippen LogP contribution in [-0.2, 0) is 5.41 Å². The van der Waals surface area contributed by atoms with Crippen molar-refractivity contribution in [1.82, 2.24) is 0 Å². The second kappa shape index (κ2) is 34.0. The molecular weight excluding hydrogens is 1650 g/mol. The highest BCUT2D eigenvalue weighted by Crippen LogP contribution is 2.54. The molecule has 0 radical (unpaired) electrons. The summed E-state index contributed by atoms with van der Waals surface area (Å²) in [4.78, 5) is 0. The summed E-state index contributed by atoms with van der Waals surface area (Å²) in [7, 11) is 0. The normalized spacial score (nSPS) is 12.0. The minimum atomic E-state index is -0.0243. The molecule has 1 aliphatic rings. The first-order valence-electron chi connectivity index (χ1n) is 45.5. The fourth-order valence-electron chi connectivity index (χ4n) is 19.9. The van der Waals surface area contributed by atoms with E-state index in [1.165, 1.54) is 86.2 Å². The lowest BCUT2D eigenvalue weighted by Gasteiger charge is -2.21. The highest BCUT2D eigenvalue weighted by atomic mass is 32.1. The van der Waals surface area contributed by atoms with Gasteiger partial charge in [0.2, 0.25) is 0 Å². The monoisotopic (exact) mass is 1740 g/mol. The van der Waals surface area contributed by atoms with Crippen molar-refractivity contribution in [2.75, 3.05) is 21.3 Å². The van der Waals surface area contributed by atoms with Crippen LogP contribution in [0.25, 0.3) is 196 Å². The lowest BCUT2D eigenvalue weighted by molar-refractivity contribution is 0.660. The first-order chi connectivity index (χ1) is 66.2. The maximum atomic E-state index is 6.57. The van der Waals surface area contributed by atoms with E-state index in [1.807, 2.05) is 102 Å². The Balaban J connectivity index is 0.0000000982. The van der Waals surface area contributed by atoms with Crippen LogP contribution in [0.5, 0.6) is 0 Å². The molecule has 21 aromatic carbocycles. The summed E-state index contributed by atoms with van der Waals surface area (Å²) in [5, 5.41) is 31.1. The third-order valence-electron chi connectivity index (χ3n) is 26.1. The Kier molecular flexibility index (Phi) is 20.3. The smallest absolute Gasteiger partial charge is 0.143 e. The molecule has 134 heavy (non-hydrogen) atoms. The van der Waals surface area contributed by atoms with Gasteiger partial charge in [0, 0.05) is 148 Å². The van der Waals surface area contributed by atoms with E-state index < -0.39 is 0 Å². The van der Waals surface area contributed by atoms with Gasteiger partial charge >= 0.3 is 0 Å². The van der Waals surface area contributed by atoms with Gasteiger partial charge in [0.1, 0.15) is 44.7 Å². The molecule has 5 aromatic heterocycles. The number of nitrogens with one attached hydrogen (secondary N) is 4. The fourth-order valence-corrected chi connectivity index (χ4v) is 21.1. The van der Waals surface area contributed by atoms with Gasteiger partial charge in [-0.15, -0.1) is 11.3 Å². The van der Waals surface area contributed by atoms with Crippen LogP contribution in [0.1, 0.15) is 25.0 Å². The molecule has 4 N–H and O–H groups in total. The third kappa shape index (κ3) is 14.8. The summed E-state index contributed by atoms with van der Waals surface area (Å²) in [5.74, 6) is 0. The van der Waals surface area contributed by atoms with Crippen LogP contribution in [0.15, 0.2) is 479 Å². The predicted octanol–water partition coefficient (Wildman–Crippen LogP) is 36.6. The van der Waals surface area contributed by atoms with Gasteiger partial charge in [-0.2, -0.15) is 0 Å². The number of anilines is 8. The zero-order chi connectivity index (χ0) is 89.2. The molecule has 1 aliphatic carbocycles.